The Balaban J connectivity index is 1.45. The maximum atomic E-state index is 13.1. The van der Waals surface area contributed by atoms with Crippen LogP contribution in [-0.4, -0.2) is 34.9 Å². The summed E-state index contributed by atoms with van der Waals surface area (Å²) in [6.07, 6.45) is 6.17. The number of urea groups is 1. The number of nitrogens with one attached hydrogen (secondary N) is 2. The predicted molar refractivity (Wildman–Crippen MR) is 105 cm³/mol. The van der Waals surface area contributed by atoms with Crippen LogP contribution in [0.15, 0.2) is 42.6 Å². The van der Waals surface area contributed by atoms with E-state index in [1.165, 1.54) is 12.1 Å². The predicted octanol–water partition coefficient (Wildman–Crippen LogP) is 3.91. The van der Waals surface area contributed by atoms with Crippen molar-refractivity contribution in [1.82, 2.24) is 9.88 Å². The van der Waals surface area contributed by atoms with Crippen molar-refractivity contribution in [3.05, 3.63) is 54.0 Å². The molecule has 1 aliphatic carbocycles. The zero-order valence-electron chi connectivity index (χ0n) is 15.6. The molecule has 1 aliphatic heterocycles. The fourth-order valence-corrected chi connectivity index (χ4v) is 3.82. The number of nitrogens with zero attached hydrogens (tertiary/aromatic N) is 2. The number of carbonyl (C=O) groups is 2. The molecule has 7 heteroatoms. The topological polar surface area (TPSA) is 74.3 Å². The Morgan fingerprint density at radius 1 is 0.964 bits per heavy atom. The molecule has 6 nitrogen and oxygen atoms in total. The highest BCUT2D eigenvalue weighted by Gasteiger charge is 2.46. The van der Waals surface area contributed by atoms with Gasteiger partial charge in [0.15, 0.2) is 0 Å². The summed E-state index contributed by atoms with van der Waals surface area (Å²) in [5.41, 5.74) is 0.775. The molecule has 2 aromatic rings. The van der Waals surface area contributed by atoms with E-state index in [4.69, 9.17) is 0 Å². The number of anilines is 2. The largest absolute Gasteiger partial charge is 0.325 e. The number of hydrogen-bond donors (Lipinski definition) is 2. The lowest BCUT2D eigenvalue weighted by atomic mass is 9.64. The quantitative estimate of drug-likeness (QED) is 0.842. The van der Waals surface area contributed by atoms with E-state index in [-0.39, 0.29) is 17.8 Å². The van der Waals surface area contributed by atoms with Crippen molar-refractivity contribution in [3.8, 4) is 0 Å². The van der Waals surface area contributed by atoms with Gasteiger partial charge in [0.05, 0.1) is 5.41 Å². The van der Waals surface area contributed by atoms with Crippen LogP contribution >= 0.6 is 0 Å². The van der Waals surface area contributed by atoms with Gasteiger partial charge >= 0.3 is 6.03 Å². The summed E-state index contributed by atoms with van der Waals surface area (Å²) >= 11 is 0. The molecule has 2 aliphatic rings. The number of benzene rings is 1. The molecule has 0 atom stereocenters. The Morgan fingerprint density at radius 3 is 2.25 bits per heavy atom. The van der Waals surface area contributed by atoms with Gasteiger partial charge in [-0.25, -0.2) is 14.2 Å². The minimum Gasteiger partial charge on any atom is -0.325 e. The first kappa shape index (κ1) is 18.4. The van der Waals surface area contributed by atoms with Gasteiger partial charge in [0.1, 0.15) is 11.6 Å². The maximum absolute atomic E-state index is 13.1. The molecule has 1 aromatic carbocycles. The molecule has 0 radical (unpaired) electrons. The Labute approximate surface area is 163 Å². The average Bonchev–Trinajstić information content (AvgIpc) is 3.19. The molecule has 3 amide bonds. The number of hydrogen-bond acceptors (Lipinski definition) is 3. The lowest BCUT2D eigenvalue weighted by Crippen LogP contribution is -2.46. The van der Waals surface area contributed by atoms with Crippen LogP contribution in [0.25, 0.3) is 0 Å². The second kappa shape index (κ2) is 7.58. The van der Waals surface area contributed by atoms with E-state index in [0.29, 0.717) is 11.5 Å². The van der Waals surface area contributed by atoms with Crippen molar-refractivity contribution in [2.75, 3.05) is 23.7 Å². The fraction of sp³-hybridized carbons (Fsp3) is 0.381. The molecule has 0 spiro atoms. The van der Waals surface area contributed by atoms with Gasteiger partial charge in [-0.05, 0) is 61.6 Å². The van der Waals surface area contributed by atoms with Crippen LogP contribution in [0, 0.1) is 5.82 Å². The molecule has 2 N–H and O–H groups in total. The monoisotopic (exact) mass is 382 g/mol. The van der Waals surface area contributed by atoms with E-state index in [1.807, 2.05) is 6.07 Å². The van der Waals surface area contributed by atoms with Crippen LogP contribution in [0.3, 0.4) is 0 Å². The summed E-state index contributed by atoms with van der Waals surface area (Å²) in [6, 6.07) is 9.21. The molecular formula is C21H23FN4O2. The van der Waals surface area contributed by atoms with Crippen molar-refractivity contribution >= 4 is 23.4 Å². The first-order chi connectivity index (χ1) is 13.6. The number of rotatable bonds is 4. The van der Waals surface area contributed by atoms with Crippen LogP contribution in [0.4, 0.5) is 20.7 Å². The third kappa shape index (κ3) is 3.56. The van der Waals surface area contributed by atoms with Gasteiger partial charge in [-0.1, -0.05) is 12.5 Å². The number of likely N-dealkylation sites (tertiary alicyclic amines) is 1. The standard InChI is InChI=1S/C21H23FN4O2/c22-16-5-7-17(8-6-16)24-19(27)21(10-3-11-21)15-4-9-18(23-14-15)25-20(28)26-12-1-2-13-26/h4-9,14H,1-3,10-13H2,(H,24,27)(H,23,25,28). The third-order valence-electron chi connectivity index (χ3n) is 5.69. The number of amides is 3. The SMILES string of the molecule is O=C(Nc1ccc(C2(C(=O)Nc3ccc(F)cc3)CCC2)cn1)N1CCCC1. The van der Waals surface area contributed by atoms with Crippen LogP contribution in [0.5, 0.6) is 0 Å². The molecule has 146 valence electrons. The van der Waals surface area contributed by atoms with Crippen LogP contribution in [-0.2, 0) is 10.2 Å². The second-order valence-corrected chi connectivity index (χ2v) is 7.45. The summed E-state index contributed by atoms with van der Waals surface area (Å²) in [5.74, 6) is 0.0298. The number of halogens is 1. The van der Waals surface area contributed by atoms with Gasteiger partial charge in [0.2, 0.25) is 5.91 Å². The van der Waals surface area contributed by atoms with E-state index < -0.39 is 5.41 Å². The van der Waals surface area contributed by atoms with Crippen molar-refractivity contribution in [2.45, 2.75) is 37.5 Å². The Morgan fingerprint density at radius 2 is 1.68 bits per heavy atom. The Hall–Kier alpha value is -2.96. The smallest absolute Gasteiger partial charge is 0.323 e. The molecule has 1 saturated carbocycles. The minimum atomic E-state index is -0.626. The van der Waals surface area contributed by atoms with Crippen LogP contribution < -0.4 is 10.6 Å². The molecule has 1 saturated heterocycles. The van der Waals surface area contributed by atoms with Crippen molar-refractivity contribution < 1.29 is 14.0 Å². The second-order valence-electron chi connectivity index (χ2n) is 7.45. The van der Waals surface area contributed by atoms with E-state index in [2.05, 4.69) is 15.6 Å². The number of carbonyl (C=O) groups excluding carboxylic acids is 2. The first-order valence-corrected chi connectivity index (χ1v) is 9.66. The summed E-state index contributed by atoms with van der Waals surface area (Å²) < 4.78 is 13.1. The third-order valence-corrected chi connectivity index (χ3v) is 5.69. The van der Waals surface area contributed by atoms with Gasteiger partial charge in [-0.3, -0.25) is 10.1 Å². The highest BCUT2D eigenvalue weighted by molar-refractivity contribution is 6.00. The van der Waals surface area contributed by atoms with Crippen molar-refractivity contribution in [2.24, 2.45) is 0 Å². The Bertz CT molecular complexity index is 857. The molecule has 2 fully saturated rings. The summed E-state index contributed by atoms with van der Waals surface area (Å²) in [6.45, 7) is 1.55. The maximum Gasteiger partial charge on any atom is 0.323 e. The van der Waals surface area contributed by atoms with E-state index >= 15 is 0 Å². The fourth-order valence-electron chi connectivity index (χ4n) is 3.82. The lowest BCUT2D eigenvalue weighted by molar-refractivity contribution is -0.124. The van der Waals surface area contributed by atoms with Gasteiger partial charge in [-0.2, -0.15) is 0 Å². The molecule has 0 unspecified atom stereocenters. The van der Waals surface area contributed by atoms with Gasteiger partial charge in [0, 0.05) is 25.0 Å². The van der Waals surface area contributed by atoms with E-state index in [1.54, 1.807) is 29.3 Å². The normalized spacial score (nSPS) is 17.7. The summed E-state index contributed by atoms with van der Waals surface area (Å²) in [7, 11) is 0. The number of aromatic nitrogens is 1. The van der Waals surface area contributed by atoms with Gasteiger partial charge in [0.25, 0.3) is 0 Å². The zero-order valence-corrected chi connectivity index (χ0v) is 15.6. The molecule has 28 heavy (non-hydrogen) atoms. The average molecular weight is 382 g/mol. The molecule has 2 heterocycles. The highest BCUT2D eigenvalue weighted by atomic mass is 19.1. The van der Waals surface area contributed by atoms with Crippen molar-refractivity contribution in [3.63, 3.8) is 0 Å². The zero-order chi connectivity index (χ0) is 19.6. The minimum absolute atomic E-state index is 0.110. The van der Waals surface area contributed by atoms with E-state index in [9.17, 15) is 14.0 Å². The van der Waals surface area contributed by atoms with Gasteiger partial charge in [-0.15, -0.1) is 0 Å². The molecule has 1 aromatic heterocycles. The molecule has 4 rings (SSSR count). The van der Waals surface area contributed by atoms with Crippen molar-refractivity contribution in [1.29, 1.82) is 0 Å². The number of pyridine rings is 1. The molecule has 0 bridgehead atoms. The van der Waals surface area contributed by atoms with Crippen LogP contribution in [0.2, 0.25) is 0 Å². The highest BCUT2D eigenvalue weighted by Crippen LogP contribution is 2.44. The van der Waals surface area contributed by atoms with E-state index in [0.717, 1.165) is 50.8 Å². The summed E-state index contributed by atoms with van der Waals surface area (Å²) in [5, 5.41) is 5.70. The lowest BCUT2D eigenvalue weighted by Gasteiger charge is -2.40. The molecular weight excluding hydrogens is 359 g/mol. The Kier molecular flexibility index (Phi) is 4.98. The van der Waals surface area contributed by atoms with Crippen LogP contribution in [0.1, 0.15) is 37.7 Å². The van der Waals surface area contributed by atoms with Gasteiger partial charge < -0.3 is 10.2 Å². The first-order valence-electron chi connectivity index (χ1n) is 9.66. The summed E-state index contributed by atoms with van der Waals surface area (Å²) in [4.78, 5) is 31.2.